The van der Waals surface area contributed by atoms with Crippen LogP contribution < -0.4 is 20.1 Å². The van der Waals surface area contributed by atoms with Crippen molar-refractivity contribution in [3.8, 4) is 17.4 Å². The van der Waals surface area contributed by atoms with E-state index in [2.05, 4.69) is 15.6 Å². The molecule has 2 amide bonds. The summed E-state index contributed by atoms with van der Waals surface area (Å²) in [5, 5.41) is 5.56. The summed E-state index contributed by atoms with van der Waals surface area (Å²) in [7, 11) is 1.60. The summed E-state index contributed by atoms with van der Waals surface area (Å²) in [6.45, 7) is 1.25. The van der Waals surface area contributed by atoms with Crippen molar-refractivity contribution < 1.29 is 19.0 Å². The SMILES string of the molecule is COc1ccc(Oc2ncccc2NC(=O)NC[C@H]2CCCO2)cc1. The molecule has 7 nitrogen and oxygen atoms in total. The van der Waals surface area contributed by atoms with Gasteiger partial charge in [-0.15, -0.1) is 0 Å². The Kier molecular flexibility index (Phi) is 5.69. The van der Waals surface area contributed by atoms with E-state index in [1.165, 1.54) is 0 Å². The molecule has 1 fully saturated rings. The number of urea groups is 1. The molecule has 1 saturated heterocycles. The van der Waals surface area contributed by atoms with Gasteiger partial charge in [0.1, 0.15) is 17.2 Å². The third kappa shape index (κ3) is 4.84. The zero-order valence-electron chi connectivity index (χ0n) is 14.0. The number of hydrogen-bond donors (Lipinski definition) is 2. The lowest BCUT2D eigenvalue weighted by Gasteiger charge is -2.14. The lowest BCUT2D eigenvalue weighted by molar-refractivity contribution is 0.112. The molecule has 2 heterocycles. The number of rotatable bonds is 6. The van der Waals surface area contributed by atoms with Crippen LogP contribution in [0.2, 0.25) is 0 Å². The lowest BCUT2D eigenvalue weighted by Crippen LogP contribution is -2.35. The van der Waals surface area contributed by atoms with Gasteiger partial charge in [0.15, 0.2) is 0 Å². The van der Waals surface area contributed by atoms with Crippen molar-refractivity contribution >= 4 is 11.7 Å². The highest BCUT2D eigenvalue weighted by atomic mass is 16.5. The van der Waals surface area contributed by atoms with Gasteiger partial charge in [0.05, 0.1) is 13.2 Å². The molecule has 1 aliphatic heterocycles. The van der Waals surface area contributed by atoms with Crippen molar-refractivity contribution in [1.29, 1.82) is 0 Å². The quantitative estimate of drug-likeness (QED) is 0.842. The fourth-order valence-corrected chi connectivity index (χ4v) is 2.50. The van der Waals surface area contributed by atoms with Crippen LogP contribution in [0.5, 0.6) is 17.4 Å². The Balaban J connectivity index is 1.60. The molecule has 2 aromatic rings. The summed E-state index contributed by atoms with van der Waals surface area (Å²) < 4.78 is 16.4. The average molecular weight is 343 g/mol. The summed E-state index contributed by atoms with van der Waals surface area (Å²) in [4.78, 5) is 16.3. The maximum absolute atomic E-state index is 12.1. The van der Waals surface area contributed by atoms with Crippen LogP contribution >= 0.6 is 0 Å². The van der Waals surface area contributed by atoms with Crippen molar-refractivity contribution in [2.75, 3.05) is 25.6 Å². The first-order valence-corrected chi connectivity index (χ1v) is 8.18. The minimum Gasteiger partial charge on any atom is -0.497 e. The van der Waals surface area contributed by atoms with Crippen molar-refractivity contribution in [3.63, 3.8) is 0 Å². The molecule has 0 aliphatic carbocycles. The molecule has 25 heavy (non-hydrogen) atoms. The molecular weight excluding hydrogens is 322 g/mol. The highest BCUT2D eigenvalue weighted by Crippen LogP contribution is 2.28. The first-order chi connectivity index (χ1) is 12.2. The zero-order valence-corrected chi connectivity index (χ0v) is 14.0. The molecule has 0 spiro atoms. The second kappa shape index (κ2) is 8.34. The molecule has 7 heteroatoms. The van der Waals surface area contributed by atoms with E-state index in [4.69, 9.17) is 14.2 Å². The predicted octanol–water partition coefficient (Wildman–Crippen LogP) is 3.18. The molecule has 0 bridgehead atoms. The summed E-state index contributed by atoms with van der Waals surface area (Å²) in [5.41, 5.74) is 0.489. The molecule has 1 atom stereocenters. The minimum absolute atomic E-state index is 0.0923. The largest absolute Gasteiger partial charge is 0.497 e. The monoisotopic (exact) mass is 343 g/mol. The van der Waals surface area contributed by atoms with Gasteiger partial charge in [0, 0.05) is 19.3 Å². The van der Waals surface area contributed by atoms with Crippen LogP contribution in [0.15, 0.2) is 42.6 Å². The Morgan fingerprint density at radius 1 is 1.28 bits per heavy atom. The number of pyridine rings is 1. The van der Waals surface area contributed by atoms with Gasteiger partial charge in [-0.05, 0) is 49.2 Å². The standard InChI is InChI=1S/C18H21N3O4/c1-23-13-6-8-14(9-7-13)25-17-16(5-2-10-19-17)21-18(22)20-12-15-4-3-11-24-15/h2,5-10,15H,3-4,11-12H2,1H3,(H2,20,21,22)/t15-/m1/s1. The highest BCUT2D eigenvalue weighted by molar-refractivity contribution is 5.90. The second-order valence-electron chi connectivity index (χ2n) is 5.60. The highest BCUT2D eigenvalue weighted by Gasteiger charge is 2.17. The number of nitrogens with zero attached hydrogens (tertiary/aromatic N) is 1. The van der Waals surface area contributed by atoms with Crippen LogP contribution in [0.25, 0.3) is 0 Å². The number of aromatic nitrogens is 1. The van der Waals surface area contributed by atoms with Gasteiger partial charge in [-0.2, -0.15) is 0 Å². The van der Waals surface area contributed by atoms with Crippen LogP contribution in [0.3, 0.4) is 0 Å². The van der Waals surface area contributed by atoms with Crippen LogP contribution in [0.1, 0.15) is 12.8 Å². The second-order valence-corrected chi connectivity index (χ2v) is 5.60. The Hall–Kier alpha value is -2.80. The molecule has 1 aromatic carbocycles. The van der Waals surface area contributed by atoms with Gasteiger partial charge in [-0.3, -0.25) is 0 Å². The van der Waals surface area contributed by atoms with Gasteiger partial charge < -0.3 is 24.8 Å². The van der Waals surface area contributed by atoms with Crippen molar-refractivity contribution in [2.45, 2.75) is 18.9 Å². The molecule has 2 N–H and O–H groups in total. The van der Waals surface area contributed by atoms with E-state index in [1.807, 2.05) is 0 Å². The lowest BCUT2D eigenvalue weighted by atomic mass is 10.2. The molecular formula is C18H21N3O4. The summed E-state index contributed by atoms with van der Waals surface area (Å²) in [5.74, 6) is 1.66. The Bertz CT molecular complexity index is 700. The van der Waals surface area contributed by atoms with Crippen LogP contribution in [-0.4, -0.2) is 37.4 Å². The number of carbonyl (C=O) groups excluding carboxylic acids is 1. The maximum Gasteiger partial charge on any atom is 0.319 e. The van der Waals surface area contributed by atoms with E-state index in [-0.39, 0.29) is 12.1 Å². The normalized spacial score (nSPS) is 16.3. The Labute approximate surface area is 146 Å². The summed E-state index contributed by atoms with van der Waals surface area (Å²) in [6.07, 6.45) is 3.71. The minimum atomic E-state index is -0.317. The third-order valence-electron chi connectivity index (χ3n) is 3.81. The van der Waals surface area contributed by atoms with Gasteiger partial charge in [-0.25, -0.2) is 9.78 Å². The fourth-order valence-electron chi connectivity index (χ4n) is 2.50. The van der Waals surface area contributed by atoms with E-state index in [0.29, 0.717) is 23.9 Å². The van der Waals surface area contributed by atoms with Crippen molar-refractivity contribution in [1.82, 2.24) is 10.3 Å². The van der Waals surface area contributed by atoms with Gasteiger partial charge in [0.2, 0.25) is 5.88 Å². The average Bonchev–Trinajstić information content (AvgIpc) is 3.16. The Morgan fingerprint density at radius 2 is 2.08 bits per heavy atom. The number of amides is 2. The smallest absolute Gasteiger partial charge is 0.319 e. The van der Waals surface area contributed by atoms with Crippen molar-refractivity contribution in [2.24, 2.45) is 0 Å². The molecule has 1 aliphatic rings. The number of nitrogens with one attached hydrogen (secondary N) is 2. The molecule has 0 saturated carbocycles. The number of benzene rings is 1. The predicted molar refractivity (Wildman–Crippen MR) is 93.3 cm³/mol. The van der Waals surface area contributed by atoms with Crippen LogP contribution in [-0.2, 0) is 4.74 Å². The van der Waals surface area contributed by atoms with E-state index in [1.54, 1.807) is 49.7 Å². The molecule has 0 radical (unpaired) electrons. The number of ether oxygens (including phenoxy) is 3. The fraction of sp³-hybridized carbons (Fsp3) is 0.333. The molecule has 3 rings (SSSR count). The van der Waals surface area contributed by atoms with E-state index < -0.39 is 0 Å². The number of methoxy groups -OCH3 is 1. The van der Waals surface area contributed by atoms with Gasteiger partial charge in [-0.1, -0.05) is 0 Å². The number of carbonyl (C=O) groups is 1. The van der Waals surface area contributed by atoms with E-state index in [9.17, 15) is 4.79 Å². The third-order valence-corrected chi connectivity index (χ3v) is 3.81. The number of hydrogen-bond acceptors (Lipinski definition) is 5. The van der Waals surface area contributed by atoms with Gasteiger partial charge in [0.25, 0.3) is 0 Å². The molecule has 1 aromatic heterocycles. The number of anilines is 1. The van der Waals surface area contributed by atoms with E-state index >= 15 is 0 Å². The van der Waals surface area contributed by atoms with Crippen LogP contribution in [0.4, 0.5) is 10.5 Å². The molecule has 0 unspecified atom stereocenters. The zero-order chi connectivity index (χ0) is 17.5. The topological polar surface area (TPSA) is 81.7 Å². The van der Waals surface area contributed by atoms with Crippen LogP contribution in [0, 0.1) is 0 Å². The summed E-state index contributed by atoms with van der Waals surface area (Å²) in [6, 6.07) is 10.3. The summed E-state index contributed by atoms with van der Waals surface area (Å²) >= 11 is 0. The van der Waals surface area contributed by atoms with Crippen molar-refractivity contribution in [3.05, 3.63) is 42.6 Å². The first kappa shape index (κ1) is 17.0. The van der Waals surface area contributed by atoms with Gasteiger partial charge >= 0.3 is 6.03 Å². The van der Waals surface area contributed by atoms with E-state index in [0.717, 1.165) is 25.2 Å². The maximum atomic E-state index is 12.1. The first-order valence-electron chi connectivity index (χ1n) is 8.18. The molecule has 132 valence electrons. The Morgan fingerprint density at radius 3 is 2.80 bits per heavy atom.